The molecular formula is C11H23NO3S. The van der Waals surface area contributed by atoms with Gasteiger partial charge in [-0.1, -0.05) is 20.8 Å². The molecule has 96 valence electrons. The van der Waals surface area contributed by atoms with Crippen molar-refractivity contribution in [1.82, 2.24) is 4.31 Å². The second kappa shape index (κ2) is 5.47. The van der Waals surface area contributed by atoms with Crippen LogP contribution in [0.25, 0.3) is 0 Å². The maximum Gasteiger partial charge on any atom is 0.214 e. The molecule has 0 radical (unpaired) electrons. The van der Waals surface area contributed by atoms with Gasteiger partial charge in [-0.05, 0) is 24.7 Å². The molecule has 1 heterocycles. The molecule has 0 bridgehead atoms. The molecule has 2 unspecified atom stereocenters. The molecule has 2 atom stereocenters. The lowest BCUT2D eigenvalue weighted by molar-refractivity contribution is 0.0628. The number of rotatable bonds is 4. The first-order chi connectivity index (χ1) is 7.33. The summed E-state index contributed by atoms with van der Waals surface area (Å²) in [5, 5.41) is 9.56. The molecule has 1 fully saturated rings. The average molecular weight is 249 g/mol. The molecule has 1 aliphatic rings. The van der Waals surface area contributed by atoms with Gasteiger partial charge in [0.05, 0.1) is 11.9 Å². The van der Waals surface area contributed by atoms with Gasteiger partial charge in [0.2, 0.25) is 10.0 Å². The van der Waals surface area contributed by atoms with Gasteiger partial charge in [-0.25, -0.2) is 12.7 Å². The van der Waals surface area contributed by atoms with Gasteiger partial charge < -0.3 is 5.11 Å². The van der Waals surface area contributed by atoms with E-state index in [4.69, 9.17) is 0 Å². The zero-order chi connectivity index (χ0) is 12.3. The van der Waals surface area contributed by atoms with Gasteiger partial charge in [-0.3, -0.25) is 0 Å². The van der Waals surface area contributed by atoms with Crippen molar-refractivity contribution in [3.8, 4) is 0 Å². The third-order valence-electron chi connectivity index (χ3n) is 3.17. The van der Waals surface area contributed by atoms with Gasteiger partial charge in [0.1, 0.15) is 0 Å². The largest absolute Gasteiger partial charge is 0.393 e. The maximum atomic E-state index is 12.0. The summed E-state index contributed by atoms with van der Waals surface area (Å²) in [5.74, 6) is 0.679. The Morgan fingerprint density at radius 2 is 2.06 bits per heavy atom. The fraction of sp³-hybridized carbons (Fsp3) is 1.00. The Labute approximate surface area is 98.7 Å². The van der Waals surface area contributed by atoms with Gasteiger partial charge >= 0.3 is 0 Å². The lowest BCUT2D eigenvalue weighted by Gasteiger charge is -2.33. The number of nitrogens with zero attached hydrogens (tertiary/aromatic N) is 1. The Morgan fingerprint density at radius 3 is 2.56 bits per heavy atom. The van der Waals surface area contributed by atoms with Crippen molar-refractivity contribution in [2.24, 2.45) is 11.8 Å². The molecule has 0 amide bonds. The standard InChI is InChI=1S/C11H23NO3S/c1-9(2)5-7-16(14,15)12-6-4-11(13)10(3)8-12/h9-11,13H,4-8H2,1-3H3. The van der Waals surface area contributed by atoms with E-state index >= 15 is 0 Å². The molecule has 4 nitrogen and oxygen atoms in total. The van der Waals surface area contributed by atoms with Crippen LogP contribution in [0.2, 0.25) is 0 Å². The molecule has 16 heavy (non-hydrogen) atoms. The summed E-state index contributed by atoms with van der Waals surface area (Å²) in [5.41, 5.74) is 0. The summed E-state index contributed by atoms with van der Waals surface area (Å²) in [6.07, 6.45) is 0.911. The van der Waals surface area contributed by atoms with E-state index in [1.54, 1.807) is 0 Å². The highest BCUT2D eigenvalue weighted by Crippen LogP contribution is 2.20. The van der Waals surface area contributed by atoms with Crippen LogP contribution in [0, 0.1) is 11.8 Å². The quantitative estimate of drug-likeness (QED) is 0.810. The van der Waals surface area contributed by atoms with Gasteiger partial charge in [0.15, 0.2) is 0 Å². The highest BCUT2D eigenvalue weighted by molar-refractivity contribution is 7.89. The van der Waals surface area contributed by atoms with Gasteiger partial charge in [-0.15, -0.1) is 0 Å². The summed E-state index contributed by atoms with van der Waals surface area (Å²) in [6, 6.07) is 0. The Hall–Kier alpha value is -0.130. The van der Waals surface area contributed by atoms with Crippen LogP contribution in [-0.2, 0) is 10.0 Å². The highest BCUT2D eigenvalue weighted by atomic mass is 32.2. The van der Waals surface area contributed by atoms with E-state index < -0.39 is 10.0 Å². The van der Waals surface area contributed by atoms with Crippen molar-refractivity contribution in [3.05, 3.63) is 0 Å². The second-order valence-electron chi connectivity index (χ2n) is 5.19. The van der Waals surface area contributed by atoms with Gasteiger partial charge in [0, 0.05) is 13.1 Å². The lowest BCUT2D eigenvalue weighted by atomic mass is 9.99. The normalized spacial score (nSPS) is 28.6. The topological polar surface area (TPSA) is 57.6 Å². The Morgan fingerprint density at radius 1 is 1.44 bits per heavy atom. The average Bonchev–Trinajstić information content (AvgIpc) is 2.19. The molecule has 1 saturated heterocycles. The van der Waals surface area contributed by atoms with E-state index in [1.165, 1.54) is 4.31 Å². The Balaban J connectivity index is 2.56. The molecule has 1 rings (SSSR count). The van der Waals surface area contributed by atoms with Crippen LogP contribution in [0.3, 0.4) is 0 Å². The summed E-state index contributed by atoms with van der Waals surface area (Å²) in [7, 11) is -3.11. The number of aliphatic hydroxyl groups is 1. The maximum absolute atomic E-state index is 12.0. The summed E-state index contributed by atoms with van der Waals surface area (Å²) in [6.45, 7) is 6.87. The smallest absolute Gasteiger partial charge is 0.214 e. The van der Waals surface area contributed by atoms with Crippen LogP contribution in [0.15, 0.2) is 0 Å². The molecule has 1 aliphatic heterocycles. The van der Waals surface area contributed by atoms with Gasteiger partial charge in [-0.2, -0.15) is 0 Å². The molecule has 0 aliphatic carbocycles. The Kier molecular flexibility index (Phi) is 4.76. The van der Waals surface area contributed by atoms with E-state index in [0.29, 0.717) is 31.8 Å². The van der Waals surface area contributed by atoms with Gasteiger partial charge in [0.25, 0.3) is 0 Å². The number of piperidine rings is 1. The predicted octanol–water partition coefficient (Wildman–Crippen LogP) is 1.06. The van der Waals surface area contributed by atoms with Crippen molar-refractivity contribution in [1.29, 1.82) is 0 Å². The highest BCUT2D eigenvalue weighted by Gasteiger charge is 2.31. The molecule has 0 aromatic rings. The zero-order valence-corrected chi connectivity index (χ0v) is 11.2. The second-order valence-corrected chi connectivity index (χ2v) is 7.28. The number of aliphatic hydroxyl groups excluding tert-OH is 1. The lowest BCUT2D eigenvalue weighted by Crippen LogP contribution is -2.45. The van der Waals surface area contributed by atoms with E-state index in [-0.39, 0.29) is 17.8 Å². The Bertz CT molecular complexity index is 313. The van der Waals surface area contributed by atoms with E-state index in [0.717, 1.165) is 0 Å². The first-order valence-corrected chi connectivity index (χ1v) is 7.59. The SMILES string of the molecule is CC(C)CCS(=O)(=O)N1CCC(O)C(C)C1. The molecular weight excluding hydrogens is 226 g/mol. The first kappa shape index (κ1) is 13.9. The van der Waals surface area contributed by atoms with Crippen LogP contribution in [0.1, 0.15) is 33.6 Å². The molecule has 1 N–H and O–H groups in total. The summed E-state index contributed by atoms with van der Waals surface area (Å²) < 4.78 is 25.5. The van der Waals surface area contributed by atoms with Crippen LogP contribution in [-0.4, -0.2) is 42.8 Å². The van der Waals surface area contributed by atoms with Crippen LogP contribution in [0.5, 0.6) is 0 Å². The van der Waals surface area contributed by atoms with Crippen molar-refractivity contribution in [3.63, 3.8) is 0 Å². The summed E-state index contributed by atoms with van der Waals surface area (Å²) >= 11 is 0. The van der Waals surface area contributed by atoms with Crippen LogP contribution < -0.4 is 0 Å². The first-order valence-electron chi connectivity index (χ1n) is 5.99. The van der Waals surface area contributed by atoms with Crippen molar-refractivity contribution < 1.29 is 13.5 Å². The van der Waals surface area contributed by atoms with Crippen molar-refractivity contribution in [2.75, 3.05) is 18.8 Å². The van der Waals surface area contributed by atoms with E-state index in [2.05, 4.69) is 0 Å². The fourth-order valence-electron chi connectivity index (χ4n) is 1.86. The third kappa shape index (κ3) is 3.71. The zero-order valence-electron chi connectivity index (χ0n) is 10.4. The van der Waals surface area contributed by atoms with Crippen molar-refractivity contribution >= 4 is 10.0 Å². The summed E-state index contributed by atoms with van der Waals surface area (Å²) in [4.78, 5) is 0. The third-order valence-corrected chi connectivity index (χ3v) is 5.04. The molecule has 0 aromatic carbocycles. The van der Waals surface area contributed by atoms with E-state index in [1.807, 2.05) is 20.8 Å². The fourth-order valence-corrected chi connectivity index (χ4v) is 3.73. The number of sulfonamides is 1. The van der Waals surface area contributed by atoms with Crippen LogP contribution in [0.4, 0.5) is 0 Å². The number of hydrogen-bond acceptors (Lipinski definition) is 3. The molecule has 5 heteroatoms. The van der Waals surface area contributed by atoms with E-state index in [9.17, 15) is 13.5 Å². The number of hydrogen-bond donors (Lipinski definition) is 1. The minimum Gasteiger partial charge on any atom is -0.393 e. The molecule has 0 aromatic heterocycles. The van der Waals surface area contributed by atoms with Crippen LogP contribution >= 0.6 is 0 Å². The van der Waals surface area contributed by atoms with Crippen molar-refractivity contribution in [2.45, 2.75) is 39.7 Å². The molecule has 0 saturated carbocycles. The monoisotopic (exact) mass is 249 g/mol. The predicted molar refractivity (Wildman–Crippen MR) is 64.6 cm³/mol. The molecule has 0 spiro atoms. The minimum atomic E-state index is -3.11. The minimum absolute atomic E-state index is 0.0441.